The molecule has 19 heavy (non-hydrogen) atoms. The Kier molecular flexibility index (Phi) is 5.25. The normalized spacial score (nSPS) is 16.1. The number of carbonyl (C=O) groups excluding carboxylic acids is 1. The van der Waals surface area contributed by atoms with Crippen molar-refractivity contribution < 1.29 is 9.63 Å². The Morgan fingerprint density at radius 1 is 1.32 bits per heavy atom. The fraction of sp³-hybridized carbons (Fsp3) is 0.357. The molecule has 1 saturated carbocycles. The van der Waals surface area contributed by atoms with E-state index in [4.69, 9.17) is 28.0 Å². The van der Waals surface area contributed by atoms with E-state index in [9.17, 15) is 4.79 Å². The van der Waals surface area contributed by atoms with Crippen molar-refractivity contribution in [2.24, 2.45) is 0 Å². The van der Waals surface area contributed by atoms with Crippen LogP contribution in [0.15, 0.2) is 24.3 Å². The van der Waals surface area contributed by atoms with E-state index in [0.29, 0.717) is 15.6 Å². The van der Waals surface area contributed by atoms with Gasteiger partial charge in [-0.25, -0.2) is 5.48 Å². The number of benzene rings is 1. The van der Waals surface area contributed by atoms with Crippen LogP contribution >= 0.6 is 23.2 Å². The van der Waals surface area contributed by atoms with E-state index in [1.807, 2.05) is 0 Å². The fourth-order valence-electron chi connectivity index (χ4n) is 2.00. The molecule has 0 unspecified atom stereocenters. The minimum atomic E-state index is -0.303. The van der Waals surface area contributed by atoms with Gasteiger partial charge < -0.3 is 0 Å². The molecule has 0 saturated heterocycles. The van der Waals surface area contributed by atoms with Crippen molar-refractivity contribution >= 4 is 35.2 Å². The van der Waals surface area contributed by atoms with E-state index in [-0.39, 0.29) is 12.0 Å². The number of hydrogen-bond acceptors (Lipinski definition) is 2. The lowest BCUT2D eigenvalue weighted by Crippen LogP contribution is -2.26. The maximum atomic E-state index is 11.6. The van der Waals surface area contributed by atoms with Crippen LogP contribution in [-0.4, -0.2) is 12.0 Å². The highest BCUT2D eigenvalue weighted by atomic mass is 35.5. The first-order chi connectivity index (χ1) is 9.16. The lowest BCUT2D eigenvalue weighted by atomic mass is 10.2. The summed E-state index contributed by atoms with van der Waals surface area (Å²) in [5.74, 6) is -0.303. The van der Waals surface area contributed by atoms with Crippen LogP contribution in [0.1, 0.15) is 31.2 Å². The van der Waals surface area contributed by atoms with Gasteiger partial charge in [-0.05, 0) is 30.5 Å². The Labute approximate surface area is 122 Å². The largest absolute Gasteiger partial charge is 0.270 e. The van der Waals surface area contributed by atoms with Crippen LogP contribution < -0.4 is 5.48 Å². The summed E-state index contributed by atoms with van der Waals surface area (Å²) in [5, 5.41) is 0.899. The first-order valence-electron chi connectivity index (χ1n) is 6.24. The Hall–Kier alpha value is -1.03. The van der Waals surface area contributed by atoms with Crippen LogP contribution in [0.4, 0.5) is 0 Å². The Morgan fingerprint density at radius 3 is 2.79 bits per heavy atom. The molecular weight excluding hydrogens is 285 g/mol. The highest BCUT2D eigenvalue weighted by molar-refractivity contribution is 6.42. The zero-order valence-corrected chi connectivity index (χ0v) is 11.9. The Balaban J connectivity index is 1.87. The van der Waals surface area contributed by atoms with Crippen molar-refractivity contribution in [3.63, 3.8) is 0 Å². The number of carbonyl (C=O) groups is 1. The smallest absolute Gasteiger partial charge is 0.267 e. The first-order valence-corrected chi connectivity index (χ1v) is 7.00. The van der Waals surface area contributed by atoms with Crippen molar-refractivity contribution in [2.45, 2.75) is 31.8 Å². The van der Waals surface area contributed by atoms with Gasteiger partial charge in [0.25, 0.3) is 5.91 Å². The molecule has 102 valence electrons. The zero-order valence-electron chi connectivity index (χ0n) is 10.4. The van der Waals surface area contributed by atoms with E-state index in [2.05, 4.69) is 5.48 Å². The second-order valence-electron chi connectivity index (χ2n) is 4.47. The van der Waals surface area contributed by atoms with E-state index < -0.39 is 0 Å². The van der Waals surface area contributed by atoms with Crippen LogP contribution in [0.25, 0.3) is 6.08 Å². The number of hydroxylamine groups is 1. The molecule has 1 aromatic carbocycles. The summed E-state index contributed by atoms with van der Waals surface area (Å²) >= 11 is 11.9. The monoisotopic (exact) mass is 299 g/mol. The molecule has 0 spiro atoms. The predicted octanol–water partition coefficient (Wildman–Crippen LogP) is 4.00. The summed E-state index contributed by atoms with van der Waals surface area (Å²) in [6.07, 6.45) is 7.47. The molecule has 1 aliphatic rings. The van der Waals surface area contributed by atoms with Crippen LogP contribution in [-0.2, 0) is 9.63 Å². The maximum absolute atomic E-state index is 11.6. The molecule has 0 bridgehead atoms. The minimum absolute atomic E-state index is 0.145. The highest BCUT2D eigenvalue weighted by Gasteiger charge is 2.16. The quantitative estimate of drug-likeness (QED) is 0.674. The molecule has 0 radical (unpaired) electrons. The molecule has 1 amide bonds. The summed E-state index contributed by atoms with van der Waals surface area (Å²) in [5.41, 5.74) is 3.13. The van der Waals surface area contributed by atoms with Crippen molar-refractivity contribution in [1.82, 2.24) is 5.48 Å². The SMILES string of the molecule is O=C(/C=C/c1cccc(Cl)c1Cl)NOC1CCCC1. The molecule has 0 aromatic heterocycles. The van der Waals surface area contributed by atoms with Gasteiger partial charge in [0.1, 0.15) is 0 Å². The molecule has 3 nitrogen and oxygen atoms in total. The zero-order chi connectivity index (χ0) is 13.7. The molecule has 0 aliphatic heterocycles. The van der Waals surface area contributed by atoms with Gasteiger partial charge in [0.05, 0.1) is 16.1 Å². The first kappa shape index (κ1) is 14.4. The second-order valence-corrected chi connectivity index (χ2v) is 5.25. The number of nitrogens with one attached hydrogen (secondary N) is 1. The molecule has 1 aliphatic carbocycles. The van der Waals surface area contributed by atoms with Gasteiger partial charge in [-0.2, -0.15) is 0 Å². The second kappa shape index (κ2) is 6.94. The van der Waals surface area contributed by atoms with E-state index in [1.165, 1.54) is 6.08 Å². The molecule has 2 rings (SSSR count). The standard InChI is InChI=1S/C14H15Cl2NO2/c15-12-7-3-4-10(14(12)16)8-9-13(18)17-19-11-5-1-2-6-11/h3-4,7-9,11H,1-2,5-6H2,(H,17,18)/b9-8+. The third-order valence-corrected chi connectivity index (χ3v) is 3.86. The Morgan fingerprint density at radius 2 is 2.05 bits per heavy atom. The minimum Gasteiger partial charge on any atom is -0.270 e. The summed E-state index contributed by atoms with van der Waals surface area (Å²) in [7, 11) is 0. The molecule has 1 fully saturated rings. The third-order valence-electron chi connectivity index (χ3n) is 3.02. The van der Waals surface area contributed by atoms with Crippen LogP contribution in [0, 0.1) is 0 Å². The van der Waals surface area contributed by atoms with E-state index in [1.54, 1.807) is 24.3 Å². The summed E-state index contributed by atoms with van der Waals surface area (Å²) in [6.45, 7) is 0. The molecule has 5 heteroatoms. The molecule has 1 aromatic rings. The van der Waals surface area contributed by atoms with Crippen molar-refractivity contribution in [3.05, 3.63) is 39.9 Å². The van der Waals surface area contributed by atoms with Crippen molar-refractivity contribution in [1.29, 1.82) is 0 Å². The van der Waals surface area contributed by atoms with E-state index in [0.717, 1.165) is 25.7 Å². The number of amides is 1. The number of rotatable bonds is 4. The highest BCUT2D eigenvalue weighted by Crippen LogP contribution is 2.26. The van der Waals surface area contributed by atoms with Crippen LogP contribution in [0.2, 0.25) is 10.0 Å². The Bertz CT molecular complexity index is 482. The third kappa shape index (κ3) is 4.23. The summed E-state index contributed by atoms with van der Waals surface area (Å²) in [6, 6.07) is 5.27. The van der Waals surface area contributed by atoms with Gasteiger partial charge in [0, 0.05) is 6.08 Å². The van der Waals surface area contributed by atoms with Crippen molar-refractivity contribution in [3.8, 4) is 0 Å². The lowest BCUT2D eigenvalue weighted by molar-refractivity contribution is -0.132. The van der Waals surface area contributed by atoms with Gasteiger partial charge in [-0.15, -0.1) is 0 Å². The van der Waals surface area contributed by atoms with Crippen LogP contribution in [0.5, 0.6) is 0 Å². The summed E-state index contributed by atoms with van der Waals surface area (Å²) < 4.78 is 0. The molecule has 1 N–H and O–H groups in total. The van der Waals surface area contributed by atoms with Gasteiger partial charge in [0.2, 0.25) is 0 Å². The van der Waals surface area contributed by atoms with E-state index >= 15 is 0 Å². The van der Waals surface area contributed by atoms with Gasteiger partial charge in [0.15, 0.2) is 0 Å². The lowest BCUT2D eigenvalue weighted by Gasteiger charge is -2.09. The number of halogens is 2. The van der Waals surface area contributed by atoms with Gasteiger partial charge >= 0.3 is 0 Å². The molecule has 0 atom stereocenters. The van der Waals surface area contributed by atoms with Crippen molar-refractivity contribution in [2.75, 3.05) is 0 Å². The van der Waals surface area contributed by atoms with Gasteiger partial charge in [-0.1, -0.05) is 48.2 Å². The van der Waals surface area contributed by atoms with Crippen LogP contribution in [0.3, 0.4) is 0 Å². The summed E-state index contributed by atoms with van der Waals surface area (Å²) in [4.78, 5) is 16.9. The average molecular weight is 300 g/mol. The maximum Gasteiger partial charge on any atom is 0.267 e. The number of hydrogen-bond donors (Lipinski definition) is 1. The molecule has 0 heterocycles. The fourth-order valence-corrected chi connectivity index (χ4v) is 2.37. The molecular formula is C14H15Cl2NO2. The predicted molar refractivity (Wildman–Crippen MR) is 77.0 cm³/mol. The van der Waals surface area contributed by atoms with Gasteiger partial charge in [-0.3, -0.25) is 9.63 Å². The topological polar surface area (TPSA) is 38.3 Å². The average Bonchev–Trinajstić information content (AvgIpc) is 2.91.